The second kappa shape index (κ2) is 8.48. The third-order valence-corrected chi connectivity index (χ3v) is 7.65. The third-order valence-electron chi connectivity index (χ3n) is 5.71. The number of hydrogen-bond donors (Lipinski definition) is 0. The molecule has 1 aliphatic rings. The lowest BCUT2D eigenvalue weighted by atomic mass is 10.2. The molecule has 9 heteroatoms. The second-order valence-corrected chi connectivity index (χ2v) is 9.63. The maximum atomic E-state index is 14.0. The van der Waals surface area contributed by atoms with Crippen LogP contribution in [0.2, 0.25) is 0 Å². The van der Waals surface area contributed by atoms with Crippen molar-refractivity contribution in [3.8, 4) is 5.69 Å². The Hall–Kier alpha value is -3.04. The van der Waals surface area contributed by atoms with Gasteiger partial charge in [-0.05, 0) is 44.2 Å². The van der Waals surface area contributed by atoms with Crippen molar-refractivity contribution in [1.29, 1.82) is 0 Å². The molecule has 6 nitrogen and oxygen atoms in total. The van der Waals surface area contributed by atoms with Gasteiger partial charge in [-0.25, -0.2) is 17.2 Å². The van der Waals surface area contributed by atoms with E-state index >= 15 is 0 Å². The summed E-state index contributed by atoms with van der Waals surface area (Å²) in [6, 6.07) is 13.9. The lowest BCUT2D eigenvalue weighted by molar-refractivity contribution is 0.0697. The normalized spacial score (nSPS) is 15.2. The highest BCUT2D eigenvalue weighted by molar-refractivity contribution is 7.89. The summed E-state index contributed by atoms with van der Waals surface area (Å²) in [5.41, 5.74) is 3.25. The Morgan fingerprint density at radius 2 is 1.56 bits per heavy atom. The molecule has 0 aliphatic carbocycles. The van der Waals surface area contributed by atoms with Gasteiger partial charge in [0.1, 0.15) is 16.5 Å². The fraction of sp³-hybridized carbons (Fsp3) is 0.261. The van der Waals surface area contributed by atoms with Gasteiger partial charge in [0.2, 0.25) is 10.0 Å². The first-order valence-corrected chi connectivity index (χ1v) is 11.6. The highest BCUT2D eigenvalue weighted by atomic mass is 32.2. The quantitative estimate of drug-likeness (QED) is 0.600. The first kappa shape index (κ1) is 22.2. The van der Waals surface area contributed by atoms with Crippen LogP contribution in [-0.2, 0) is 10.0 Å². The minimum absolute atomic E-state index is 0.0301. The lowest BCUT2D eigenvalue weighted by Crippen LogP contribution is -2.50. The number of para-hydroxylation sites is 1. The van der Waals surface area contributed by atoms with Crippen LogP contribution in [0.5, 0.6) is 0 Å². The highest BCUT2D eigenvalue weighted by Crippen LogP contribution is 2.24. The molecule has 1 aliphatic heterocycles. The van der Waals surface area contributed by atoms with Gasteiger partial charge in [-0.2, -0.15) is 4.31 Å². The molecule has 0 bridgehead atoms. The van der Waals surface area contributed by atoms with E-state index in [4.69, 9.17) is 0 Å². The fourth-order valence-corrected chi connectivity index (χ4v) is 5.55. The van der Waals surface area contributed by atoms with Gasteiger partial charge in [-0.15, -0.1) is 0 Å². The van der Waals surface area contributed by atoms with Gasteiger partial charge >= 0.3 is 0 Å². The van der Waals surface area contributed by atoms with Crippen molar-refractivity contribution < 1.29 is 22.0 Å². The lowest BCUT2D eigenvalue weighted by Gasteiger charge is -2.34. The summed E-state index contributed by atoms with van der Waals surface area (Å²) < 4.78 is 55.9. The number of halogens is 2. The van der Waals surface area contributed by atoms with Crippen molar-refractivity contribution in [2.75, 3.05) is 26.2 Å². The van der Waals surface area contributed by atoms with Crippen molar-refractivity contribution in [2.45, 2.75) is 18.7 Å². The first-order chi connectivity index (χ1) is 15.2. The molecule has 0 N–H and O–H groups in total. The summed E-state index contributed by atoms with van der Waals surface area (Å²) in [4.78, 5) is 14.2. The zero-order valence-corrected chi connectivity index (χ0v) is 18.6. The van der Waals surface area contributed by atoms with Crippen LogP contribution in [0.15, 0.2) is 59.5 Å². The molecule has 2 aromatic carbocycles. The molecule has 0 saturated carbocycles. The maximum Gasteiger partial charge on any atom is 0.255 e. The van der Waals surface area contributed by atoms with Crippen molar-refractivity contribution in [3.63, 3.8) is 0 Å². The van der Waals surface area contributed by atoms with E-state index in [9.17, 15) is 22.0 Å². The maximum absolute atomic E-state index is 14.0. The average Bonchev–Trinajstić information content (AvgIpc) is 3.07. The minimum Gasteiger partial charge on any atom is -0.336 e. The molecule has 0 radical (unpaired) electrons. The number of rotatable bonds is 4. The van der Waals surface area contributed by atoms with Crippen LogP contribution in [0.1, 0.15) is 21.7 Å². The monoisotopic (exact) mass is 459 g/mol. The molecule has 1 aromatic heterocycles. The largest absolute Gasteiger partial charge is 0.336 e. The smallest absolute Gasteiger partial charge is 0.255 e. The van der Waals surface area contributed by atoms with Crippen LogP contribution >= 0.6 is 0 Å². The SMILES string of the molecule is Cc1cc(C(=O)N2CCN(S(=O)(=O)c3ccc(F)cc3F)CC2)c(C)n1-c1ccccc1. The number of carbonyl (C=O) groups excluding carboxylic acids is 1. The summed E-state index contributed by atoms with van der Waals surface area (Å²) in [5.74, 6) is -2.15. The number of sulfonamides is 1. The number of nitrogens with zero attached hydrogens (tertiary/aromatic N) is 3. The molecule has 4 rings (SSSR count). The Morgan fingerprint density at radius 3 is 2.19 bits per heavy atom. The second-order valence-electron chi connectivity index (χ2n) is 7.73. The predicted octanol–water partition coefficient (Wildman–Crippen LogP) is 3.52. The van der Waals surface area contributed by atoms with Gasteiger partial charge in [-0.3, -0.25) is 4.79 Å². The first-order valence-electron chi connectivity index (χ1n) is 10.2. The molecule has 0 spiro atoms. The molecule has 0 unspecified atom stereocenters. The molecular formula is C23H23F2N3O3S. The molecule has 2 heterocycles. The van der Waals surface area contributed by atoms with E-state index in [2.05, 4.69) is 0 Å². The molecule has 1 amide bonds. The molecular weight excluding hydrogens is 436 g/mol. The van der Waals surface area contributed by atoms with Crippen LogP contribution in [0.3, 0.4) is 0 Å². The van der Waals surface area contributed by atoms with Crippen LogP contribution in [0, 0.1) is 25.5 Å². The van der Waals surface area contributed by atoms with E-state index in [-0.39, 0.29) is 32.1 Å². The van der Waals surface area contributed by atoms with E-state index in [0.717, 1.165) is 33.5 Å². The average molecular weight is 460 g/mol. The summed E-state index contributed by atoms with van der Waals surface area (Å²) in [5, 5.41) is 0. The number of benzene rings is 2. The van der Waals surface area contributed by atoms with E-state index in [1.165, 1.54) is 0 Å². The summed E-state index contributed by atoms with van der Waals surface area (Å²) in [6.45, 7) is 4.22. The van der Waals surface area contributed by atoms with E-state index in [1.807, 2.05) is 54.8 Å². The number of hydrogen-bond acceptors (Lipinski definition) is 3. The van der Waals surface area contributed by atoms with E-state index in [1.54, 1.807) is 4.90 Å². The van der Waals surface area contributed by atoms with Crippen LogP contribution in [0.4, 0.5) is 8.78 Å². The fourth-order valence-electron chi connectivity index (χ4n) is 4.08. The van der Waals surface area contributed by atoms with Crippen LogP contribution in [0.25, 0.3) is 5.69 Å². The van der Waals surface area contributed by atoms with Crippen molar-refractivity contribution in [1.82, 2.24) is 13.8 Å². The van der Waals surface area contributed by atoms with Gasteiger partial charge < -0.3 is 9.47 Å². The Balaban J connectivity index is 1.51. The molecule has 32 heavy (non-hydrogen) atoms. The third kappa shape index (κ3) is 3.93. The van der Waals surface area contributed by atoms with Gasteiger partial charge in [0.25, 0.3) is 5.91 Å². The number of amides is 1. The summed E-state index contributed by atoms with van der Waals surface area (Å²) in [7, 11) is -4.12. The van der Waals surface area contributed by atoms with E-state index in [0.29, 0.717) is 11.6 Å². The van der Waals surface area contributed by atoms with Gasteiger partial charge in [0.05, 0.1) is 5.56 Å². The summed E-state index contributed by atoms with van der Waals surface area (Å²) in [6.07, 6.45) is 0. The van der Waals surface area contributed by atoms with Gasteiger partial charge in [0.15, 0.2) is 0 Å². The molecule has 0 atom stereocenters. The molecule has 1 fully saturated rings. The predicted molar refractivity (Wildman–Crippen MR) is 116 cm³/mol. The highest BCUT2D eigenvalue weighted by Gasteiger charge is 2.33. The van der Waals surface area contributed by atoms with Crippen molar-refractivity contribution >= 4 is 15.9 Å². The standard InChI is InChI=1S/C23H23F2N3O3S/c1-16-14-20(17(2)28(16)19-6-4-3-5-7-19)23(29)26-10-12-27(13-11-26)32(30,31)22-9-8-18(24)15-21(22)25/h3-9,14-15H,10-13H2,1-2H3. The number of aromatic nitrogens is 1. The van der Waals surface area contributed by atoms with Crippen molar-refractivity contribution in [2.24, 2.45) is 0 Å². The molecule has 3 aromatic rings. The van der Waals surface area contributed by atoms with Crippen LogP contribution < -0.4 is 0 Å². The zero-order chi connectivity index (χ0) is 23.0. The molecule has 168 valence electrons. The number of aryl methyl sites for hydroxylation is 1. The Morgan fingerprint density at radius 1 is 0.906 bits per heavy atom. The summed E-state index contributed by atoms with van der Waals surface area (Å²) >= 11 is 0. The molecule has 1 saturated heterocycles. The zero-order valence-electron chi connectivity index (χ0n) is 17.8. The van der Waals surface area contributed by atoms with Crippen LogP contribution in [-0.4, -0.2) is 54.3 Å². The van der Waals surface area contributed by atoms with E-state index < -0.39 is 26.6 Å². The Bertz CT molecular complexity index is 1270. The Kier molecular flexibility index (Phi) is 5.87. The Labute approximate surface area is 185 Å². The minimum atomic E-state index is -4.12. The van der Waals surface area contributed by atoms with Gasteiger partial charge in [0, 0.05) is 49.3 Å². The number of carbonyl (C=O) groups is 1. The number of piperazine rings is 1. The van der Waals surface area contributed by atoms with Crippen molar-refractivity contribution in [3.05, 3.63) is 83.2 Å². The topological polar surface area (TPSA) is 62.6 Å². The van der Waals surface area contributed by atoms with Gasteiger partial charge in [-0.1, -0.05) is 18.2 Å².